The molecular weight excluding hydrogens is 271 g/mol. The van der Waals surface area contributed by atoms with Crippen molar-refractivity contribution in [3.8, 4) is 0 Å². The standard InChI is InChI=1S/C10H12F3NO3S/c1-17-7-6-14-8-2-4-9(5-3-8)18(15,16)10(11,12)13/h2-5,14H,6-7H2,1H3. The van der Waals surface area contributed by atoms with Gasteiger partial charge in [0.25, 0.3) is 9.84 Å². The lowest BCUT2D eigenvalue weighted by Gasteiger charge is -2.09. The van der Waals surface area contributed by atoms with Gasteiger partial charge in [0.1, 0.15) is 0 Å². The number of rotatable bonds is 5. The van der Waals surface area contributed by atoms with Crippen molar-refractivity contribution in [1.82, 2.24) is 0 Å². The number of halogens is 3. The molecule has 0 radical (unpaired) electrons. The first-order valence-corrected chi connectivity index (χ1v) is 6.41. The van der Waals surface area contributed by atoms with Crippen LogP contribution in [0, 0.1) is 0 Å². The SMILES string of the molecule is COCCNc1ccc(S(=O)(=O)C(F)(F)F)cc1. The van der Waals surface area contributed by atoms with E-state index in [4.69, 9.17) is 4.74 Å². The highest BCUT2D eigenvalue weighted by Crippen LogP contribution is 2.30. The molecular formula is C10H12F3NO3S. The molecule has 0 unspecified atom stereocenters. The number of ether oxygens (including phenoxy) is 1. The molecule has 0 saturated carbocycles. The van der Waals surface area contributed by atoms with Gasteiger partial charge in [-0.3, -0.25) is 0 Å². The average molecular weight is 283 g/mol. The Morgan fingerprint density at radius 3 is 2.22 bits per heavy atom. The van der Waals surface area contributed by atoms with E-state index in [1.807, 2.05) is 0 Å². The smallest absolute Gasteiger partial charge is 0.383 e. The Kier molecular flexibility index (Phi) is 4.58. The predicted octanol–water partition coefficient (Wildman–Crippen LogP) is 2.04. The van der Waals surface area contributed by atoms with E-state index in [1.165, 1.54) is 19.2 Å². The van der Waals surface area contributed by atoms with Crippen LogP contribution in [0.4, 0.5) is 18.9 Å². The van der Waals surface area contributed by atoms with Crippen molar-refractivity contribution in [2.24, 2.45) is 0 Å². The Bertz CT molecular complexity index is 482. The minimum atomic E-state index is -5.28. The van der Waals surface area contributed by atoms with Gasteiger partial charge in [-0.2, -0.15) is 13.2 Å². The Morgan fingerprint density at radius 2 is 1.78 bits per heavy atom. The molecule has 0 amide bonds. The lowest BCUT2D eigenvalue weighted by Crippen LogP contribution is -2.23. The zero-order valence-corrected chi connectivity index (χ0v) is 10.3. The van der Waals surface area contributed by atoms with Gasteiger partial charge in [-0.25, -0.2) is 8.42 Å². The van der Waals surface area contributed by atoms with E-state index in [1.54, 1.807) is 0 Å². The van der Waals surface area contributed by atoms with Gasteiger partial charge >= 0.3 is 5.51 Å². The monoisotopic (exact) mass is 283 g/mol. The second-order valence-electron chi connectivity index (χ2n) is 3.39. The van der Waals surface area contributed by atoms with Gasteiger partial charge in [0, 0.05) is 19.3 Å². The molecule has 0 fully saturated rings. The molecule has 1 aromatic rings. The molecule has 4 nitrogen and oxygen atoms in total. The third-order valence-corrected chi connectivity index (χ3v) is 3.61. The maximum Gasteiger partial charge on any atom is 0.501 e. The highest BCUT2D eigenvalue weighted by atomic mass is 32.2. The van der Waals surface area contributed by atoms with Gasteiger partial charge < -0.3 is 10.1 Å². The summed E-state index contributed by atoms with van der Waals surface area (Å²) in [6.07, 6.45) is 0. The van der Waals surface area contributed by atoms with Crippen molar-refractivity contribution in [2.45, 2.75) is 10.4 Å². The van der Waals surface area contributed by atoms with E-state index in [9.17, 15) is 21.6 Å². The van der Waals surface area contributed by atoms with Crippen LogP contribution in [0.5, 0.6) is 0 Å². The van der Waals surface area contributed by atoms with Crippen molar-refractivity contribution in [2.75, 3.05) is 25.6 Å². The number of alkyl halides is 3. The third kappa shape index (κ3) is 3.36. The van der Waals surface area contributed by atoms with Crippen LogP contribution >= 0.6 is 0 Å². The van der Waals surface area contributed by atoms with Crippen LogP contribution < -0.4 is 5.32 Å². The first-order valence-electron chi connectivity index (χ1n) is 4.93. The van der Waals surface area contributed by atoms with Crippen LogP contribution in [0.15, 0.2) is 29.2 Å². The Labute approximate surface area is 103 Å². The van der Waals surface area contributed by atoms with E-state index in [-0.39, 0.29) is 0 Å². The van der Waals surface area contributed by atoms with Crippen LogP contribution in [0.25, 0.3) is 0 Å². The van der Waals surface area contributed by atoms with Crippen molar-refractivity contribution in [3.63, 3.8) is 0 Å². The van der Waals surface area contributed by atoms with Crippen LogP contribution in [-0.4, -0.2) is 34.2 Å². The summed E-state index contributed by atoms with van der Waals surface area (Å²) >= 11 is 0. The molecule has 0 heterocycles. The second-order valence-corrected chi connectivity index (χ2v) is 5.33. The Hall–Kier alpha value is -1.28. The van der Waals surface area contributed by atoms with Gasteiger partial charge in [-0.15, -0.1) is 0 Å². The molecule has 0 bridgehead atoms. The van der Waals surface area contributed by atoms with Crippen molar-refractivity contribution in [1.29, 1.82) is 0 Å². The summed E-state index contributed by atoms with van der Waals surface area (Å²) in [5.41, 5.74) is -4.76. The average Bonchev–Trinajstić information content (AvgIpc) is 2.28. The van der Waals surface area contributed by atoms with Crippen LogP contribution in [0.3, 0.4) is 0 Å². The molecule has 18 heavy (non-hydrogen) atoms. The topological polar surface area (TPSA) is 55.4 Å². The molecule has 8 heteroatoms. The summed E-state index contributed by atoms with van der Waals surface area (Å²) in [6.45, 7) is 0.907. The number of hydrogen-bond acceptors (Lipinski definition) is 4. The van der Waals surface area contributed by atoms with Crippen molar-refractivity contribution >= 4 is 15.5 Å². The quantitative estimate of drug-likeness (QED) is 0.840. The molecule has 0 spiro atoms. The summed E-state index contributed by atoms with van der Waals surface area (Å²) in [4.78, 5) is -0.771. The third-order valence-electron chi connectivity index (χ3n) is 2.10. The molecule has 0 saturated heterocycles. The molecule has 102 valence electrons. The van der Waals surface area contributed by atoms with E-state index < -0.39 is 20.2 Å². The highest BCUT2D eigenvalue weighted by Gasteiger charge is 2.46. The maximum absolute atomic E-state index is 12.2. The first-order chi connectivity index (χ1) is 8.29. The largest absolute Gasteiger partial charge is 0.501 e. The van der Waals surface area contributed by atoms with Crippen LogP contribution in [0.1, 0.15) is 0 Å². The fraction of sp³-hybridized carbons (Fsp3) is 0.400. The fourth-order valence-corrected chi connectivity index (χ4v) is 1.94. The van der Waals surface area contributed by atoms with E-state index in [0.29, 0.717) is 18.8 Å². The fourth-order valence-electron chi connectivity index (χ4n) is 1.18. The molecule has 1 N–H and O–H groups in total. The summed E-state index contributed by atoms with van der Waals surface area (Å²) in [5, 5.41) is 2.86. The number of benzene rings is 1. The normalized spacial score (nSPS) is 12.4. The minimum Gasteiger partial charge on any atom is -0.383 e. The molecule has 0 atom stereocenters. The van der Waals surface area contributed by atoms with Crippen molar-refractivity contribution in [3.05, 3.63) is 24.3 Å². The zero-order chi connectivity index (χ0) is 13.8. The van der Waals surface area contributed by atoms with Gasteiger partial charge in [0.15, 0.2) is 0 Å². The molecule has 0 aliphatic carbocycles. The second kappa shape index (κ2) is 5.57. The van der Waals surface area contributed by atoms with Gasteiger partial charge in [-0.05, 0) is 24.3 Å². The maximum atomic E-state index is 12.2. The first kappa shape index (κ1) is 14.8. The number of sulfone groups is 1. The summed E-state index contributed by atoms with van der Waals surface area (Å²) < 4.78 is 63.6. The summed E-state index contributed by atoms with van der Waals surface area (Å²) in [6, 6.07) is 4.37. The summed E-state index contributed by atoms with van der Waals surface area (Å²) in [5.74, 6) is 0. The zero-order valence-electron chi connectivity index (χ0n) is 9.49. The number of methoxy groups -OCH3 is 1. The molecule has 0 aliphatic heterocycles. The van der Waals surface area contributed by atoms with Crippen LogP contribution in [-0.2, 0) is 14.6 Å². The molecule has 1 aromatic carbocycles. The highest BCUT2D eigenvalue weighted by molar-refractivity contribution is 7.92. The lowest BCUT2D eigenvalue weighted by atomic mass is 10.3. The predicted molar refractivity (Wildman–Crippen MR) is 60.0 cm³/mol. The van der Waals surface area contributed by atoms with Crippen molar-refractivity contribution < 1.29 is 26.3 Å². The Morgan fingerprint density at radius 1 is 1.22 bits per heavy atom. The van der Waals surface area contributed by atoms with Crippen LogP contribution in [0.2, 0.25) is 0 Å². The number of anilines is 1. The molecule has 0 aromatic heterocycles. The van der Waals surface area contributed by atoms with E-state index >= 15 is 0 Å². The summed E-state index contributed by atoms with van der Waals surface area (Å²) in [7, 11) is -3.76. The van der Waals surface area contributed by atoms with E-state index in [2.05, 4.69) is 5.32 Å². The van der Waals surface area contributed by atoms with E-state index in [0.717, 1.165) is 12.1 Å². The lowest BCUT2D eigenvalue weighted by molar-refractivity contribution is -0.0436. The number of nitrogens with one attached hydrogen (secondary N) is 1. The van der Waals surface area contributed by atoms with Gasteiger partial charge in [0.05, 0.1) is 11.5 Å². The minimum absolute atomic E-state index is 0.433. The van der Waals surface area contributed by atoms with Gasteiger partial charge in [-0.1, -0.05) is 0 Å². The Balaban J connectivity index is 2.84. The molecule has 1 rings (SSSR count). The number of hydrogen-bond donors (Lipinski definition) is 1. The molecule has 0 aliphatic rings. The van der Waals surface area contributed by atoms with Gasteiger partial charge in [0.2, 0.25) is 0 Å².